The highest BCUT2D eigenvalue weighted by atomic mass is 14.8. The first kappa shape index (κ1) is 8.98. The molecule has 0 amide bonds. The summed E-state index contributed by atoms with van der Waals surface area (Å²) in [6.45, 7) is 0. The maximum atomic E-state index is 6.10. The van der Waals surface area contributed by atoms with Gasteiger partial charge in [-0.05, 0) is 31.2 Å². The predicted octanol–water partition coefficient (Wildman–Crippen LogP) is 2.48. The van der Waals surface area contributed by atoms with Crippen LogP contribution in [0.2, 0.25) is 0 Å². The molecule has 78 valence electrons. The largest absolute Gasteiger partial charge is 0.360 e. The van der Waals surface area contributed by atoms with Gasteiger partial charge in [-0.15, -0.1) is 0 Å². The molecule has 15 heavy (non-hydrogen) atoms. The number of hydrogen-bond donors (Lipinski definition) is 2. The molecule has 1 atom stereocenters. The highest BCUT2D eigenvalue weighted by Gasteiger charge is 2.21. The summed E-state index contributed by atoms with van der Waals surface area (Å²) in [5.41, 5.74) is 11.6. The second-order valence-corrected chi connectivity index (χ2v) is 4.39. The van der Waals surface area contributed by atoms with Gasteiger partial charge >= 0.3 is 0 Å². The number of aromatic nitrogens is 1. The first-order valence-corrected chi connectivity index (χ1v) is 5.70. The van der Waals surface area contributed by atoms with Gasteiger partial charge in [-0.3, -0.25) is 0 Å². The van der Waals surface area contributed by atoms with Gasteiger partial charge in [-0.25, -0.2) is 0 Å². The summed E-state index contributed by atoms with van der Waals surface area (Å²) >= 11 is 0. The van der Waals surface area contributed by atoms with E-state index in [1.54, 1.807) is 0 Å². The maximum Gasteiger partial charge on any atom is 0.0643 e. The monoisotopic (exact) mass is 200 g/mol. The van der Waals surface area contributed by atoms with Crippen molar-refractivity contribution >= 4 is 6.08 Å². The Kier molecular flexibility index (Phi) is 2.03. The van der Waals surface area contributed by atoms with Crippen molar-refractivity contribution in [1.82, 2.24) is 4.98 Å². The summed E-state index contributed by atoms with van der Waals surface area (Å²) in [5, 5.41) is 0. The van der Waals surface area contributed by atoms with Crippen LogP contribution in [0.3, 0.4) is 0 Å². The number of nitrogens with two attached hydrogens (primary N) is 1. The van der Waals surface area contributed by atoms with Crippen LogP contribution in [-0.4, -0.2) is 4.98 Å². The van der Waals surface area contributed by atoms with Gasteiger partial charge in [0.1, 0.15) is 0 Å². The van der Waals surface area contributed by atoms with E-state index in [9.17, 15) is 0 Å². The van der Waals surface area contributed by atoms with E-state index < -0.39 is 0 Å². The summed E-state index contributed by atoms with van der Waals surface area (Å²) in [4.78, 5) is 3.52. The summed E-state index contributed by atoms with van der Waals surface area (Å²) in [7, 11) is 0. The summed E-state index contributed by atoms with van der Waals surface area (Å²) in [6.07, 6.45) is 13.4. The van der Waals surface area contributed by atoms with E-state index in [2.05, 4.69) is 17.1 Å². The third-order valence-corrected chi connectivity index (χ3v) is 3.39. The molecule has 0 fully saturated rings. The van der Waals surface area contributed by atoms with E-state index in [-0.39, 0.29) is 6.04 Å². The molecular weight excluding hydrogens is 184 g/mol. The second kappa shape index (κ2) is 3.38. The molecule has 0 bridgehead atoms. The van der Waals surface area contributed by atoms with Crippen molar-refractivity contribution in [2.24, 2.45) is 5.73 Å². The fraction of sp³-hybridized carbons (Fsp3) is 0.385. The Morgan fingerprint density at radius 2 is 2.07 bits per heavy atom. The van der Waals surface area contributed by atoms with Crippen LogP contribution in [0.4, 0.5) is 0 Å². The van der Waals surface area contributed by atoms with Crippen LogP contribution >= 0.6 is 0 Å². The third kappa shape index (κ3) is 1.37. The summed E-state index contributed by atoms with van der Waals surface area (Å²) in [5.74, 6) is 0. The zero-order valence-electron chi connectivity index (χ0n) is 8.79. The Bertz CT molecular complexity index is 438. The molecular formula is C13H16N2. The Hall–Kier alpha value is -1.28. The van der Waals surface area contributed by atoms with Crippen LogP contribution < -0.4 is 5.73 Å². The van der Waals surface area contributed by atoms with Crippen LogP contribution in [0.25, 0.3) is 6.08 Å². The highest BCUT2D eigenvalue weighted by Crippen LogP contribution is 2.31. The van der Waals surface area contributed by atoms with Gasteiger partial charge in [0.15, 0.2) is 0 Å². The van der Waals surface area contributed by atoms with Crippen LogP contribution in [0.15, 0.2) is 18.2 Å². The fourth-order valence-electron chi connectivity index (χ4n) is 2.62. The van der Waals surface area contributed by atoms with Gasteiger partial charge in [-0.1, -0.05) is 24.3 Å². The fourth-order valence-corrected chi connectivity index (χ4v) is 2.62. The topological polar surface area (TPSA) is 41.8 Å². The molecule has 3 rings (SSSR count). The SMILES string of the molecule is NC1C=CC=Cc2c1[nH]c1c2CCCC1. The lowest BCUT2D eigenvalue weighted by Gasteiger charge is -2.11. The zero-order chi connectivity index (χ0) is 10.3. The van der Waals surface area contributed by atoms with Crippen molar-refractivity contribution in [3.8, 4) is 0 Å². The lowest BCUT2D eigenvalue weighted by Crippen LogP contribution is -2.08. The van der Waals surface area contributed by atoms with Crippen molar-refractivity contribution in [2.45, 2.75) is 31.7 Å². The average molecular weight is 200 g/mol. The molecule has 1 heterocycles. The lowest BCUT2D eigenvalue weighted by atomic mass is 9.94. The molecule has 0 aliphatic heterocycles. The first-order valence-electron chi connectivity index (χ1n) is 5.70. The normalized spacial score (nSPS) is 23.4. The van der Waals surface area contributed by atoms with Gasteiger partial charge < -0.3 is 10.7 Å². The van der Waals surface area contributed by atoms with E-state index in [4.69, 9.17) is 5.73 Å². The Morgan fingerprint density at radius 1 is 1.20 bits per heavy atom. The van der Waals surface area contributed by atoms with E-state index in [1.165, 1.54) is 48.2 Å². The maximum absolute atomic E-state index is 6.10. The quantitative estimate of drug-likeness (QED) is 0.663. The minimum absolute atomic E-state index is 0.0283. The summed E-state index contributed by atoms with van der Waals surface area (Å²) in [6, 6.07) is 0.0283. The zero-order valence-corrected chi connectivity index (χ0v) is 8.79. The molecule has 2 nitrogen and oxygen atoms in total. The van der Waals surface area contributed by atoms with Crippen molar-refractivity contribution in [2.75, 3.05) is 0 Å². The van der Waals surface area contributed by atoms with Crippen molar-refractivity contribution in [1.29, 1.82) is 0 Å². The molecule has 2 aliphatic carbocycles. The van der Waals surface area contributed by atoms with Gasteiger partial charge in [0.05, 0.1) is 6.04 Å². The molecule has 0 saturated carbocycles. The predicted molar refractivity (Wildman–Crippen MR) is 62.5 cm³/mol. The lowest BCUT2D eigenvalue weighted by molar-refractivity contribution is 0.675. The van der Waals surface area contributed by atoms with E-state index in [1.807, 2.05) is 12.2 Å². The van der Waals surface area contributed by atoms with Crippen LogP contribution in [0.5, 0.6) is 0 Å². The number of allylic oxidation sites excluding steroid dienone is 2. The van der Waals surface area contributed by atoms with Gasteiger partial charge in [0.25, 0.3) is 0 Å². The van der Waals surface area contributed by atoms with Crippen molar-refractivity contribution in [3.63, 3.8) is 0 Å². The highest BCUT2D eigenvalue weighted by molar-refractivity contribution is 5.63. The number of aromatic amines is 1. The van der Waals surface area contributed by atoms with Crippen molar-refractivity contribution in [3.05, 3.63) is 40.7 Å². The molecule has 1 aromatic heterocycles. The molecule has 0 radical (unpaired) electrons. The Morgan fingerprint density at radius 3 is 3.00 bits per heavy atom. The number of aryl methyl sites for hydroxylation is 1. The van der Waals surface area contributed by atoms with Crippen LogP contribution in [0.1, 0.15) is 41.4 Å². The minimum atomic E-state index is 0.0283. The first-order chi connectivity index (χ1) is 7.36. The average Bonchev–Trinajstić information content (AvgIpc) is 2.54. The molecule has 0 spiro atoms. The summed E-state index contributed by atoms with van der Waals surface area (Å²) < 4.78 is 0. The number of fused-ring (bicyclic) bond motifs is 3. The number of rotatable bonds is 0. The molecule has 0 saturated heterocycles. The van der Waals surface area contributed by atoms with Crippen molar-refractivity contribution < 1.29 is 0 Å². The minimum Gasteiger partial charge on any atom is -0.360 e. The molecule has 1 aromatic rings. The molecule has 0 aromatic carbocycles. The molecule has 3 N–H and O–H groups in total. The smallest absolute Gasteiger partial charge is 0.0643 e. The molecule has 2 aliphatic rings. The second-order valence-electron chi connectivity index (χ2n) is 4.39. The number of H-pyrrole nitrogens is 1. The van der Waals surface area contributed by atoms with Crippen LogP contribution in [0, 0.1) is 0 Å². The number of nitrogens with one attached hydrogen (secondary N) is 1. The molecule has 2 heteroatoms. The van der Waals surface area contributed by atoms with Gasteiger partial charge in [-0.2, -0.15) is 0 Å². The van der Waals surface area contributed by atoms with E-state index in [0.717, 1.165) is 0 Å². The Labute approximate surface area is 89.9 Å². The third-order valence-electron chi connectivity index (χ3n) is 3.39. The molecule has 1 unspecified atom stereocenters. The van der Waals surface area contributed by atoms with Gasteiger partial charge in [0, 0.05) is 17.0 Å². The Balaban J connectivity index is 2.17. The standard InChI is InChI=1S/C13H16N2/c14-11-7-3-1-6-10-9-5-2-4-8-12(9)15-13(10)11/h1,3,6-7,11,15H,2,4-5,8,14H2. The van der Waals surface area contributed by atoms with Crippen LogP contribution in [-0.2, 0) is 12.8 Å². The van der Waals surface area contributed by atoms with Gasteiger partial charge in [0.2, 0.25) is 0 Å². The van der Waals surface area contributed by atoms with E-state index in [0.29, 0.717) is 0 Å². The number of hydrogen-bond acceptors (Lipinski definition) is 1. The van der Waals surface area contributed by atoms with E-state index >= 15 is 0 Å².